The molecule has 2 rings (SSSR count). The van der Waals surface area contributed by atoms with Crippen LogP contribution in [0.15, 0.2) is 29.2 Å². The molecule has 0 radical (unpaired) electrons. The maximum absolute atomic E-state index is 13.2. The molecule has 2 unspecified atom stereocenters. The number of nitrogens with zero attached hydrogens (tertiary/aromatic N) is 1. The monoisotopic (exact) mass is 287 g/mol. The minimum Gasteiger partial charge on any atom is -0.395 e. The van der Waals surface area contributed by atoms with E-state index in [1.165, 1.54) is 22.5 Å². The lowest BCUT2D eigenvalue weighted by Crippen LogP contribution is -2.49. The maximum atomic E-state index is 13.2. The molecule has 0 amide bonds. The third-order valence-electron chi connectivity index (χ3n) is 3.65. The van der Waals surface area contributed by atoms with Crippen LogP contribution >= 0.6 is 0 Å². The van der Waals surface area contributed by atoms with Crippen LogP contribution in [0.4, 0.5) is 4.39 Å². The molecule has 0 aliphatic carbocycles. The first-order chi connectivity index (χ1) is 8.96. The van der Waals surface area contributed by atoms with Crippen LogP contribution in [0.25, 0.3) is 0 Å². The van der Waals surface area contributed by atoms with Crippen molar-refractivity contribution < 1.29 is 17.9 Å². The summed E-state index contributed by atoms with van der Waals surface area (Å²) in [5, 5.41) is 9.42. The van der Waals surface area contributed by atoms with Gasteiger partial charge in [-0.1, -0.05) is 13.0 Å². The Morgan fingerprint density at radius 1 is 1.47 bits per heavy atom. The van der Waals surface area contributed by atoms with E-state index < -0.39 is 21.9 Å². The van der Waals surface area contributed by atoms with Crippen molar-refractivity contribution in [2.24, 2.45) is 5.92 Å². The minimum atomic E-state index is -3.75. The van der Waals surface area contributed by atoms with Gasteiger partial charge in [0.05, 0.1) is 17.5 Å². The quantitative estimate of drug-likeness (QED) is 0.919. The largest absolute Gasteiger partial charge is 0.395 e. The van der Waals surface area contributed by atoms with Crippen molar-refractivity contribution in [2.45, 2.75) is 30.7 Å². The van der Waals surface area contributed by atoms with Gasteiger partial charge in [0, 0.05) is 6.54 Å². The van der Waals surface area contributed by atoms with Crippen molar-refractivity contribution in [3.63, 3.8) is 0 Å². The molecule has 1 fully saturated rings. The lowest BCUT2D eigenvalue weighted by molar-refractivity contribution is 0.113. The highest BCUT2D eigenvalue weighted by atomic mass is 32.2. The smallest absolute Gasteiger partial charge is 0.243 e. The van der Waals surface area contributed by atoms with E-state index in [1.54, 1.807) is 0 Å². The fraction of sp³-hybridized carbons (Fsp3) is 0.538. The molecule has 6 heteroatoms. The second-order valence-corrected chi connectivity index (χ2v) is 6.83. The fourth-order valence-electron chi connectivity index (χ4n) is 2.54. The molecule has 1 aliphatic rings. The summed E-state index contributed by atoms with van der Waals surface area (Å²) >= 11 is 0. The molecular weight excluding hydrogens is 269 g/mol. The van der Waals surface area contributed by atoms with Gasteiger partial charge in [0.15, 0.2) is 0 Å². The molecule has 4 nitrogen and oxygen atoms in total. The van der Waals surface area contributed by atoms with Crippen molar-refractivity contribution in [1.29, 1.82) is 0 Å². The third-order valence-corrected chi connectivity index (χ3v) is 5.57. The van der Waals surface area contributed by atoms with Crippen LogP contribution in [0, 0.1) is 11.7 Å². The summed E-state index contributed by atoms with van der Waals surface area (Å²) in [6.45, 7) is 2.08. The molecule has 0 saturated carbocycles. The van der Waals surface area contributed by atoms with Crippen molar-refractivity contribution in [2.75, 3.05) is 13.2 Å². The van der Waals surface area contributed by atoms with Crippen LogP contribution in [-0.2, 0) is 10.0 Å². The number of aliphatic hydroxyl groups excluding tert-OH is 1. The van der Waals surface area contributed by atoms with E-state index in [0.717, 1.165) is 18.9 Å². The zero-order valence-corrected chi connectivity index (χ0v) is 11.6. The average molecular weight is 287 g/mol. The highest BCUT2D eigenvalue weighted by Gasteiger charge is 2.36. The van der Waals surface area contributed by atoms with Gasteiger partial charge in [0.1, 0.15) is 5.82 Å². The number of sulfonamides is 1. The van der Waals surface area contributed by atoms with Gasteiger partial charge in [-0.25, -0.2) is 12.8 Å². The molecule has 1 heterocycles. The molecule has 106 valence electrons. The zero-order valence-electron chi connectivity index (χ0n) is 10.8. The first kappa shape index (κ1) is 14.4. The van der Waals surface area contributed by atoms with Gasteiger partial charge >= 0.3 is 0 Å². The lowest BCUT2D eigenvalue weighted by atomic mass is 9.93. The average Bonchev–Trinajstić information content (AvgIpc) is 2.38. The van der Waals surface area contributed by atoms with Gasteiger partial charge in [-0.2, -0.15) is 4.31 Å². The molecule has 1 saturated heterocycles. The number of piperidine rings is 1. The van der Waals surface area contributed by atoms with E-state index in [2.05, 4.69) is 0 Å². The van der Waals surface area contributed by atoms with Crippen molar-refractivity contribution in [1.82, 2.24) is 4.31 Å². The van der Waals surface area contributed by atoms with Gasteiger partial charge in [0.2, 0.25) is 10.0 Å². The Morgan fingerprint density at radius 2 is 2.21 bits per heavy atom. The van der Waals surface area contributed by atoms with Gasteiger partial charge in [-0.15, -0.1) is 0 Å². The SMILES string of the molecule is CC1CCCN(S(=O)(=O)c2cccc(F)c2)C1CO. The molecule has 1 aromatic rings. The van der Waals surface area contributed by atoms with Gasteiger partial charge in [-0.05, 0) is 37.0 Å². The number of aliphatic hydroxyl groups is 1. The van der Waals surface area contributed by atoms with Crippen LogP contribution in [0.5, 0.6) is 0 Å². The van der Waals surface area contributed by atoms with Crippen LogP contribution in [0.3, 0.4) is 0 Å². The normalized spacial score (nSPS) is 25.4. The van der Waals surface area contributed by atoms with Crippen LogP contribution in [0.1, 0.15) is 19.8 Å². The Hall–Kier alpha value is -0.980. The van der Waals surface area contributed by atoms with E-state index in [0.29, 0.717) is 6.54 Å². The molecule has 1 aromatic carbocycles. The van der Waals surface area contributed by atoms with Crippen LogP contribution in [0.2, 0.25) is 0 Å². The van der Waals surface area contributed by atoms with E-state index in [1.807, 2.05) is 6.92 Å². The van der Waals surface area contributed by atoms with Gasteiger partial charge in [0.25, 0.3) is 0 Å². The topological polar surface area (TPSA) is 57.6 Å². The number of hydrogen-bond acceptors (Lipinski definition) is 3. The summed E-state index contributed by atoms with van der Waals surface area (Å²) in [5.41, 5.74) is 0. The molecule has 0 bridgehead atoms. The molecule has 0 aromatic heterocycles. The summed E-state index contributed by atoms with van der Waals surface area (Å²) < 4.78 is 39.5. The first-order valence-corrected chi connectivity index (χ1v) is 7.79. The molecule has 2 atom stereocenters. The Labute approximate surface area is 112 Å². The Kier molecular flexibility index (Phi) is 4.23. The van der Waals surface area contributed by atoms with Crippen LogP contribution in [-0.4, -0.2) is 37.0 Å². The molecular formula is C13H18FNO3S. The molecule has 0 spiro atoms. The Bertz CT molecular complexity index is 547. The van der Waals surface area contributed by atoms with Crippen LogP contribution < -0.4 is 0 Å². The molecule has 1 aliphatic heterocycles. The number of hydrogen-bond donors (Lipinski definition) is 1. The minimum absolute atomic E-state index is 0.0555. The summed E-state index contributed by atoms with van der Waals surface area (Å²) in [5.74, 6) is -0.478. The van der Waals surface area contributed by atoms with E-state index in [4.69, 9.17) is 0 Å². The Morgan fingerprint density at radius 3 is 2.84 bits per heavy atom. The fourth-order valence-corrected chi connectivity index (χ4v) is 4.33. The van der Waals surface area contributed by atoms with Gasteiger partial charge < -0.3 is 5.11 Å². The summed E-state index contributed by atoms with van der Waals surface area (Å²) in [6, 6.07) is 4.56. The van der Waals surface area contributed by atoms with E-state index in [9.17, 15) is 17.9 Å². The Balaban J connectivity index is 2.38. The lowest BCUT2D eigenvalue weighted by Gasteiger charge is -2.37. The standard InChI is InChI=1S/C13H18FNO3S/c1-10-4-3-7-15(13(10)9-16)19(17,18)12-6-2-5-11(14)8-12/h2,5-6,8,10,13,16H,3-4,7,9H2,1H3. The van der Waals surface area contributed by atoms with Gasteiger partial charge in [-0.3, -0.25) is 0 Å². The van der Waals surface area contributed by atoms with E-state index in [-0.39, 0.29) is 17.4 Å². The first-order valence-electron chi connectivity index (χ1n) is 6.35. The van der Waals surface area contributed by atoms with Crippen molar-refractivity contribution >= 4 is 10.0 Å². The second kappa shape index (κ2) is 5.56. The predicted octanol–water partition coefficient (Wildman–Crippen LogP) is 1.61. The number of rotatable bonds is 3. The third kappa shape index (κ3) is 2.80. The van der Waals surface area contributed by atoms with Crippen molar-refractivity contribution in [3.8, 4) is 0 Å². The summed E-state index contributed by atoms with van der Waals surface area (Å²) in [6.07, 6.45) is 1.65. The predicted molar refractivity (Wildman–Crippen MR) is 69.6 cm³/mol. The summed E-state index contributed by atoms with van der Waals surface area (Å²) in [7, 11) is -3.75. The highest BCUT2D eigenvalue weighted by Crippen LogP contribution is 2.28. The highest BCUT2D eigenvalue weighted by molar-refractivity contribution is 7.89. The zero-order chi connectivity index (χ0) is 14.0. The molecule has 19 heavy (non-hydrogen) atoms. The van der Waals surface area contributed by atoms with Crippen molar-refractivity contribution in [3.05, 3.63) is 30.1 Å². The van der Waals surface area contributed by atoms with E-state index >= 15 is 0 Å². The number of benzene rings is 1. The second-order valence-electron chi connectivity index (χ2n) is 4.94. The summed E-state index contributed by atoms with van der Waals surface area (Å²) in [4.78, 5) is -0.0555. The molecule has 1 N–H and O–H groups in total. The maximum Gasteiger partial charge on any atom is 0.243 e. The number of halogens is 1.